The van der Waals surface area contributed by atoms with Crippen LogP contribution >= 0.6 is 0 Å². The molecule has 1 aromatic rings. The molecule has 0 aromatic heterocycles. The van der Waals surface area contributed by atoms with Gasteiger partial charge in [-0.2, -0.15) is 5.10 Å². The van der Waals surface area contributed by atoms with Crippen LogP contribution in [0.15, 0.2) is 29.4 Å². The summed E-state index contributed by atoms with van der Waals surface area (Å²) in [5.41, 5.74) is 4.39. The lowest BCUT2D eigenvalue weighted by molar-refractivity contribution is -0.139. The third kappa shape index (κ3) is 5.45. The minimum atomic E-state index is -0.782. The zero-order valence-electron chi connectivity index (χ0n) is 14.5. The maximum atomic E-state index is 11.6. The molecule has 1 fully saturated rings. The highest BCUT2D eigenvalue weighted by Crippen LogP contribution is 2.21. The number of hydrogen-bond donors (Lipinski definition) is 2. The summed E-state index contributed by atoms with van der Waals surface area (Å²) in [5.74, 6) is -1.48. The third-order valence-electron chi connectivity index (χ3n) is 3.88. The van der Waals surface area contributed by atoms with Crippen LogP contribution in [0, 0.1) is 0 Å². The van der Waals surface area contributed by atoms with Crippen molar-refractivity contribution in [2.75, 3.05) is 13.2 Å². The second-order valence-corrected chi connectivity index (χ2v) is 6.92. The monoisotopic (exact) mass is 331 g/mol. The van der Waals surface area contributed by atoms with E-state index in [2.05, 4.69) is 36.6 Å². The molecule has 0 saturated carbocycles. The summed E-state index contributed by atoms with van der Waals surface area (Å²) in [4.78, 5) is 23.3. The second kappa shape index (κ2) is 8.06. The van der Waals surface area contributed by atoms with Crippen LogP contribution in [0.25, 0.3) is 0 Å². The Bertz CT molecular complexity index is 597. The van der Waals surface area contributed by atoms with Gasteiger partial charge in [-0.15, -0.1) is 0 Å². The lowest BCUT2D eigenvalue weighted by Crippen LogP contribution is -2.41. The Morgan fingerprint density at radius 2 is 1.96 bits per heavy atom. The molecule has 1 unspecified atom stereocenters. The molecule has 2 amide bonds. The van der Waals surface area contributed by atoms with Crippen LogP contribution in [0.1, 0.15) is 44.7 Å². The third-order valence-corrected chi connectivity index (χ3v) is 3.88. The van der Waals surface area contributed by atoms with Crippen molar-refractivity contribution in [1.82, 2.24) is 10.7 Å². The average molecular weight is 331 g/mol. The Balaban J connectivity index is 1.77. The fourth-order valence-electron chi connectivity index (χ4n) is 2.38. The SMILES string of the molecule is CC(C)(C)c1ccc(C=NNC(=O)C(=O)NCC2CCCO2)cc1. The zero-order chi connectivity index (χ0) is 17.6. The predicted molar refractivity (Wildman–Crippen MR) is 92.9 cm³/mol. The highest BCUT2D eigenvalue weighted by atomic mass is 16.5. The van der Waals surface area contributed by atoms with Gasteiger partial charge in [0, 0.05) is 13.2 Å². The van der Waals surface area contributed by atoms with Crippen molar-refractivity contribution in [3.05, 3.63) is 35.4 Å². The van der Waals surface area contributed by atoms with Crippen LogP contribution in [0.3, 0.4) is 0 Å². The first-order valence-electron chi connectivity index (χ1n) is 8.19. The molecule has 2 N–H and O–H groups in total. The molecule has 0 radical (unpaired) electrons. The first-order valence-corrected chi connectivity index (χ1v) is 8.19. The molecule has 1 aliphatic rings. The van der Waals surface area contributed by atoms with Gasteiger partial charge in [-0.1, -0.05) is 45.0 Å². The number of hydrazone groups is 1. The lowest BCUT2D eigenvalue weighted by atomic mass is 9.87. The van der Waals surface area contributed by atoms with Crippen molar-refractivity contribution in [3.63, 3.8) is 0 Å². The van der Waals surface area contributed by atoms with Crippen molar-refractivity contribution in [1.29, 1.82) is 0 Å². The Hall–Kier alpha value is -2.21. The Kier molecular flexibility index (Phi) is 6.09. The van der Waals surface area contributed by atoms with Gasteiger partial charge in [0.15, 0.2) is 0 Å². The number of carbonyl (C=O) groups excluding carboxylic acids is 2. The molecule has 1 aromatic carbocycles. The van der Waals surface area contributed by atoms with Gasteiger partial charge in [-0.25, -0.2) is 5.43 Å². The summed E-state index contributed by atoms with van der Waals surface area (Å²) in [6.45, 7) is 7.50. The van der Waals surface area contributed by atoms with Crippen molar-refractivity contribution < 1.29 is 14.3 Å². The van der Waals surface area contributed by atoms with Crippen LogP contribution in [-0.2, 0) is 19.7 Å². The molecule has 6 heteroatoms. The first kappa shape index (κ1) is 18.1. The largest absolute Gasteiger partial charge is 0.376 e. The molecule has 1 aliphatic heterocycles. The number of benzene rings is 1. The van der Waals surface area contributed by atoms with Crippen molar-refractivity contribution in [3.8, 4) is 0 Å². The van der Waals surface area contributed by atoms with Crippen LogP contribution in [0.5, 0.6) is 0 Å². The number of amides is 2. The van der Waals surface area contributed by atoms with E-state index < -0.39 is 11.8 Å². The molecule has 1 heterocycles. The molecule has 0 aliphatic carbocycles. The molecule has 24 heavy (non-hydrogen) atoms. The van der Waals surface area contributed by atoms with Crippen LogP contribution in [-0.4, -0.2) is 37.3 Å². The Labute approximate surface area is 142 Å². The molecule has 0 spiro atoms. The smallest absolute Gasteiger partial charge is 0.329 e. The number of rotatable bonds is 4. The lowest BCUT2D eigenvalue weighted by Gasteiger charge is -2.18. The van der Waals surface area contributed by atoms with Crippen molar-refractivity contribution in [2.45, 2.75) is 45.1 Å². The van der Waals surface area contributed by atoms with Gasteiger partial charge in [-0.05, 0) is 29.4 Å². The molecular weight excluding hydrogens is 306 g/mol. The van der Waals surface area contributed by atoms with Crippen molar-refractivity contribution in [2.24, 2.45) is 5.10 Å². The van der Waals surface area contributed by atoms with Gasteiger partial charge in [0.1, 0.15) is 0 Å². The molecule has 2 rings (SSSR count). The summed E-state index contributed by atoms with van der Waals surface area (Å²) in [6.07, 6.45) is 3.42. The van der Waals surface area contributed by atoms with E-state index in [0.29, 0.717) is 13.2 Å². The van der Waals surface area contributed by atoms with Gasteiger partial charge in [0.2, 0.25) is 0 Å². The van der Waals surface area contributed by atoms with E-state index in [4.69, 9.17) is 4.74 Å². The van der Waals surface area contributed by atoms with Gasteiger partial charge in [0.05, 0.1) is 12.3 Å². The molecule has 1 atom stereocenters. The summed E-state index contributed by atoms with van der Waals surface area (Å²) < 4.78 is 5.38. The second-order valence-electron chi connectivity index (χ2n) is 6.92. The number of hydrogen-bond acceptors (Lipinski definition) is 4. The van der Waals surface area contributed by atoms with E-state index in [0.717, 1.165) is 18.4 Å². The van der Waals surface area contributed by atoms with Gasteiger partial charge < -0.3 is 10.1 Å². The normalized spacial score (nSPS) is 17.9. The number of ether oxygens (including phenoxy) is 1. The van der Waals surface area contributed by atoms with E-state index in [-0.39, 0.29) is 11.5 Å². The quantitative estimate of drug-likeness (QED) is 0.501. The first-order chi connectivity index (χ1) is 11.4. The fraction of sp³-hybridized carbons (Fsp3) is 0.500. The minimum absolute atomic E-state index is 0.00609. The van der Waals surface area contributed by atoms with E-state index in [1.807, 2.05) is 24.3 Å². The number of nitrogens with zero attached hydrogens (tertiary/aromatic N) is 1. The predicted octanol–water partition coefficient (Wildman–Crippen LogP) is 1.73. The van der Waals surface area contributed by atoms with E-state index in [1.165, 1.54) is 11.8 Å². The average Bonchev–Trinajstić information content (AvgIpc) is 3.05. The minimum Gasteiger partial charge on any atom is -0.376 e. The van der Waals surface area contributed by atoms with Crippen molar-refractivity contribution >= 4 is 18.0 Å². The number of carbonyl (C=O) groups is 2. The van der Waals surface area contributed by atoms with Crippen LogP contribution in [0.2, 0.25) is 0 Å². The fourth-order valence-corrected chi connectivity index (χ4v) is 2.38. The molecule has 130 valence electrons. The zero-order valence-corrected chi connectivity index (χ0v) is 14.5. The van der Waals surface area contributed by atoms with E-state index >= 15 is 0 Å². The van der Waals surface area contributed by atoms with Gasteiger partial charge in [-0.3, -0.25) is 9.59 Å². The standard InChI is InChI=1S/C18H25N3O3/c1-18(2,3)14-8-6-13(7-9-14)11-20-21-17(23)16(22)19-12-15-5-4-10-24-15/h6-9,11,15H,4-5,10,12H2,1-3H3,(H,19,22)(H,21,23). The summed E-state index contributed by atoms with van der Waals surface area (Å²) >= 11 is 0. The molecule has 6 nitrogen and oxygen atoms in total. The maximum Gasteiger partial charge on any atom is 0.329 e. The van der Waals surface area contributed by atoms with Gasteiger partial charge >= 0.3 is 11.8 Å². The molecular formula is C18H25N3O3. The van der Waals surface area contributed by atoms with Gasteiger partial charge in [0.25, 0.3) is 0 Å². The Morgan fingerprint density at radius 3 is 2.54 bits per heavy atom. The number of nitrogens with one attached hydrogen (secondary N) is 2. The van der Waals surface area contributed by atoms with E-state index in [9.17, 15) is 9.59 Å². The molecule has 0 bridgehead atoms. The molecule has 1 saturated heterocycles. The van der Waals surface area contributed by atoms with Crippen LogP contribution in [0.4, 0.5) is 0 Å². The Morgan fingerprint density at radius 1 is 1.25 bits per heavy atom. The van der Waals surface area contributed by atoms with E-state index in [1.54, 1.807) is 0 Å². The highest BCUT2D eigenvalue weighted by Gasteiger charge is 2.19. The topological polar surface area (TPSA) is 79.8 Å². The van der Waals surface area contributed by atoms with Crippen LogP contribution < -0.4 is 10.7 Å². The summed E-state index contributed by atoms with van der Waals surface area (Å²) in [6, 6.07) is 7.90. The maximum absolute atomic E-state index is 11.6. The summed E-state index contributed by atoms with van der Waals surface area (Å²) in [7, 11) is 0. The summed E-state index contributed by atoms with van der Waals surface area (Å²) in [5, 5.41) is 6.36. The highest BCUT2D eigenvalue weighted by molar-refractivity contribution is 6.35.